The SMILES string of the molecule is CC1(C)CN(C(=O)c2c(F)cc(Br)cc2F)CCC1N.Cl. The lowest BCUT2D eigenvalue weighted by Gasteiger charge is -2.42. The maximum absolute atomic E-state index is 13.8. The highest BCUT2D eigenvalue weighted by molar-refractivity contribution is 9.10. The van der Waals surface area contributed by atoms with Crippen molar-refractivity contribution >= 4 is 34.2 Å². The summed E-state index contributed by atoms with van der Waals surface area (Å²) in [6.45, 7) is 4.71. The van der Waals surface area contributed by atoms with Gasteiger partial charge in [0.15, 0.2) is 0 Å². The van der Waals surface area contributed by atoms with Gasteiger partial charge in [-0.15, -0.1) is 12.4 Å². The Morgan fingerprint density at radius 3 is 2.38 bits per heavy atom. The molecule has 1 aliphatic heterocycles. The van der Waals surface area contributed by atoms with Crippen LogP contribution in [0.3, 0.4) is 0 Å². The highest BCUT2D eigenvalue weighted by atomic mass is 79.9. The zero-order valence-corrected chi connectivity index (χ0v) is 14.2. The first-order valence-corrected chi connectivity index (χ1v) is 7.21. The van der Waals surface area contributed by atoms with Crippen LogP contribution >= 0.6 is 28.3 Å². The van der Waals surface area contributed by atoms with Gasteiger partial charge in [0.1, 0.15) is 17.2 Å². The number of piperidine rings is 1. The van der Waals surface area contributed by atoms with E-state index < -0.39 is 23.1 Å². The van der Waals surface area contributed by atoms with Gasteiger partial charge in [0.05, 0.1) is 0 Å². The van der Waals surface area contributed by atoms with Gasteiger partial charge in [0.2, 0.25) is 0 Å². The summed E-state index contributed by atoms with van der Waals surface area (Å²) in [7, 11) is 0. The molecule has 1 heterocycles. The Hall–Kier alpha value is -0.720. The van der Waals surface area contributed by atoms with Gasteiger partial charge in [0.25, 0.3) is 5.91 Å². The van der Waals surface area contributed by atoms with Crippen molar-refractivity contribution in [1.82, 2.24) is 4.90 Å². The third-order valence-electron chi connectivity index (χ3n) is 3.82. The Morgan fingerprint density at radius 1 is 1.38 bits per heavy atom. The number of rotatable bonds is 1. The van der Waals surface area contributed by atoms with Crippen LogP contribution in [0.15, 0.2) is 16.6 Å². The van der Waals surface area contributed by atoms with Crippen molar-refractivity contribution < 1.29 is 13.6 Å². The predicted octanol–water partition coefficient (Wildman–Crippen LogP) is 3.35. The molecule has 0 bridgehead atoms. The van der Waals surface area contributed by atoms with Crippen molar-refractivity contribution in [2.75, 3.05) is 13.1 Å². The van der Waals surface area contributed by atoms with Gasteiger partial charge in [-0.3, -0.25) is 4.79 Å². The molecule has 1 aromatic rings. The first kappa shape index (κ1) is 18.3. The van der Waals surface area contributed by atoms with Crippen LogP contribution in [-0.2, 0) is 0 Å². The number of carbonyl (C=O) groups excluding carboxylic acids is 1. The molecule has 118 valence electrons. The Morgan fingerprint density at radius 2 is 1.90 bits per heavy atom. The van der Waals surface area contributed by atoms with Crippen LogP contribution in [0.5, 0.6) is 0 Å². The van der Waals surface area contributed by atoms with Gasteiger partial charge in [-0.05, 0) is 24.0 Å². The fraction of sp³-hybridized carbons (Fsp3) is 0.500. The number of amides is 1. The quantitative estimate of drug-likeness (QED) is 0.808. The second-order valence-corrected chi connectivity index (χ2v) is 6.77. The zero-order valence-electron chi connectivity index (χ0n) is 11.8. The number of nitrogens with two attached hydrogens (primary N) is 1. The van der Waals surface area contributed by atoms with Crippen LogP contribution in [0.4, 0.5) is 8.78 Å². The molecule has 2 N–H and O–H groups in total. The van der Waals surface area contributed by atoms with Crippen molar-refractivity contribution in [3.05, 3.63) is 33.8 Å². The van der Waals surface area contributed by atoms with Gasteiger partial charge in [-0.1, -0.05) is 29.8 Å². The maximum atomic E-state index is 13.8. The van der Waals surface area contributed by atoms with Gasteiger partial charge >= 0.3 is 0 Å². The van der Waals surface area contributed by atoms with E-state index in [0.29, 0.717) is 19.5 Å². The molecule has 0 aliphatic carbocycles. The second-order valence-electron chi connectivity index (χ2n) is 5.85. The third kappa shape index (κ3) is 3.73. The summed E-state index contributed by atoms with van der Waals surface area (Å²) in [6, 6.07) is 2.17. The van der Waals surface area contributed by atoms with Crippen LogP contribution in [0.1, 0.15) is 30.6 Å². The first-order valence-electron chi connectivity index (χ1n) is 6.42. The summed E-state index contributed by atoms with van der Waals surface area (Å²) in [6.07, 6.45) is 0.624. The van der Waals surface area contributed by atoms with Gasteiger partial charge in [-0.2, -0.15) is 0 Å². The Kier molecular flexibility index (Phi) is 5.75. The highest BCUT2D eigenvalue weighted by Crippen LogP contribution is 2.29. The van der Waals surface area contributed by atoms with Crippen molar-refractivity contribution in [2.45, 2.75) is 26.3 Å². The van der Waals surface area contributed by atoms with Crippen LogP contribution in [0.25, 0.3) is 0 Å². The molecule has 1 fully saturated rings. The fourth-order valence-electron chi connectivity index (χ4n) is 2.45. The van der Waals surface area contributed by atoms with Crippen molar-refractivity contribution in [1.29, 1.82) is 0 Å². The lowest BCUT2D eigenvalue weighted by atomic mass is 9.79. The molecule has 1 amide bonds. The van der Waals surface area contributed by atoms with Crippen molar-refractivity contribution in [3.63, 3.8) is 0 Å². The molecule has 0 spiro atoms. The maximum Gasteiger partial charge on any atom is 0.259 e. The van der Waals surface area contributed by atoms with E-state index in [-0.39, 0.29) is 28.3 Å². The average molecular weight is 384 g/mol. The zero-order chi connectivity index (χ0) is 15.1. The number of hydrogen-bond donors (Lipinski definition) is 1. The minimum atomic E-state index is -0.852. The molecule has 1 saturated heterocycles. The predicted molar refractivity (Wildman–Crippen MR) is 83.6 cm³/mol. The monoisotopic (exact) mass is 382 g/mol. The van der Waals surface area contributed by atoms with E-state index in [1.54, 1.807) is 0 Å². The minimum absolute atomic E-state index is 0. The summed E-state index contributed by atoms with van der Waals surface area (Å²) in [5, 5.41) is 0. The normalized spacial score (nSPS) is 20.9. The molecule has 2 rings (SSSR count). The molecule has 3 nitrogen and oxygen atoms in total. The molecular formula is C14H18BrClF2N2O. The molecule has 0 saturated carbocycles. The van der Waals surface area contributed by atoms with E-state index in [4.69, 9.17) is 5.73 Å². The molecule has 1 atom stereocenters. The van der Waals surface area contributed by atoms with E-state index in [9.17, 15) is 13.6 Å². The Bertz CT molecular complexity index is 531. The smallest absolute Gasteiger partial charge is 0.259 e. The topological polar surface area (TPSA) is 46.3 Å². The Balaban J connectivity index is 0.00000220. The molecule has 1 unspecified atom stereocenters. The number of carbonyl (C=O) groups is 1. The number of halogens is 4. The van der Waals surface area contributed by atoms with Crippen LogP contribution in [0, 0.1) is 17.0 Å². The van der Waals surface area contributed by atoms with Crippen LogP contribution in [-0.4, -0.2) is 29.9 Å². The van der Waals surface area contributed by atoms with E-state index >= 15 is 0 Å². The van der Waals surface area contributed by atoms with Crippen LogP contribution < -0.4 is 5.73 Å². The standard InChI is InChI=1S/C14H17BrF2N2O.ClH/c1-14(2)7-19(4-3-11(14)18)13(20)12-9(16)5-8(15)6-10(12)17;/h5-6,11H,3-4,7,18H2,1-2H3;1H. The lowest BCUT2D eigenvalue weighted by Crippen LogP contribution is -2.54. The van der Waals surface area contributed by atoms with Gasteiger partial charge < -0.3 is 10.6 Å². The molecular weight excluding hydrogens is 366 g/mol. The highest BCUT2D eigenvalue weighted by Gasteiger charge is 2.36. The minimum Gasteiger partial charge on any atom is -0.338 e. The van der Waals surface area contributed by atoms with Crippen LogP contribution in [0.2, 0.25) is 0 Å². The molecule has 21 heavy (non-hydrogen) atoms. The van der Waals surface area contributed by atoms with Crippen molar-refractivity contribution in [2.24, 2.45) is 11.1 Å². The van der Waals surface area contributed by atoms with Gasteiger partial charge in [-0.25, -0.2) is 8.78 Å². The summed E-state index contributed by atoms with van der Waals surface area (Å²) in [4.78, 5) is 13.8. The molecule has 7 heteroatoms. The first-order chi connectivity index (χ1) is 9.22. The largest absolute Gasteiger partial charge is 0.338 e. The fourth-order valence-corrected chi connectivity index (χ4v) is 2.85. The van der Waals surface area contributed by atoms with E-state index in [2.05, 4.69) is 15.9 Å². The van der Waals surface area contributed by atoms with E-state index in [0.717, 1.165) is 12.1 Å². The number of benzene rings is 1. The molecule has 1 aromatic carbocycles. The van der Waals surface area contributed by atoms with Crippen molar-refractivity contribution in [3.8, 4) is 0 Å². The number of likely N-dealkylation sites (tertiary alicyclic amines) is 1. The molecule has 1 aliphatic rings. The van der Waals surface area contributed by atoms with E-state index in [1.165, 1.54) is 4.90 Å². The summed E-state index contributed by atoms with van der Waals surface area (Å²) < 4.78 is 28.0. The molecule has 0 aromatic heterocycles. The second kappa shape index (κ2) is 6.58. The van der Waals surface area contributed by atoms with Gasteiger partial charge in [0, 0.05) is 23.6 Å². The Labute approximate surface area is 137 Å². The molecule has 0 radical (unpaired) electrons. The van der Waals surface area contributed by atoms with E-state index in [1.807, 2.05) is 13.8 Å². The average Bonchev–Trinajstić information content (AvgIpc) is 2.31. The third-order valence-corrected chi connectivity index (χ3v) is 4.28. The number of nitrogens with zero attached hydrogens (tertiary/aromatic N) is 1. The summed E-state index contributed by atoms with van der Waals surface area (Å²) >= 11 is 3.00. The lowest BCUT2D eigenvalue weighted by molar-refractivity contribution is 0.0524. The summed E-state index contributed by atoms with van der Waals surface area (Å²) in [5.74, 6) is -2.32. The summed E-state index contributed by atoms with van der Waals surface area (Å²) in [5.41, 5.74) is 5.23. The number of hydrogen-bond acceptors (Lipinski definition) is 2.